The highest BCUT2D eigenvalue weighted by molar-refractivity contribution is 6.35. The number of likely N-dealkylation sites (tertiary alicyclic amines) is 1. The van der Waals surface area contributed by atoms with Gasteiger partial charge in [0.05, 0.1) is 0 Å². The van der Waals surface area contributed by atoms with Crippen LogP contribution in [-0.4, -0.2) is 46.8 Å². The van der Waals surface area contributed by atoms with Gasteiger partial charge in [0, 0.05) is 25.2 Å². The van der Waals surface area contributed by atoms with E-state index in [0.29, 0.717) is 6.54 Å². The van der Waals surface area contributed by atoms with Crippen LogP contribution in [0.4, 0.5) is 0 Å². The molecular formula is C14H26N2O2. The minimum atomic E-state index is -0.355. The van der Waals surface area contributed by atoms with Crippen molar-refractivity contribution in [2.24, 2.45) is 0 Å². The highest BCUT2D eigenvalue weighted by Crippen LogP contribution is 2.15. The van der Waals surface area contributed by atoms with E-state index in [-0.39, 0.29) is 17.4 Å². The fourth-order valence-corrected chi connectivity index (χ4v) is 2.45. The summed E-state index contributed by atoms with van der Waals surface area (Å²) in [5.41, 5.74) is -0.298. The van der Waals surface area contributed by atoms with Gasteiger partial charge in [0.2, 0.25) is 0 Å². The molecule has 1 rings (SSSR count). The second-order valence-corrected chi connectivity index (χ2v) is 5.93. The summed E-state index contributed by atoms with van der Waals surface area (Å²) in [6.07, 6.45) is 4.35. The predicted octanol–water partition coefficient (Wildman–Crippen LogP) is 2.04. The molecule has 1 aliphatic rings. The summed E-state index contributed by atoms with van der Waals surface area (Å²) in [6, 6.07) is 0. The summed E-state index contributed by atoms with van der Waals surface area (Å²) >= 11 is 0. The van der Waals surface area contributed by atoms with Crippen molar-refractivity contribution in [2.75, 3.05) is 19.6 Å². The normalized spacial score (nSPS) is 17.2. The van der Waals surface area contributed by atoms with Crippen molar-refractivity contribution >= 4 is 11.8 Å². The van der Waals surface area contributed by atoms with Gasteiger partial charge >= 0.3 is 11.8 Å². The Kier molecular flexibility index (Phi) is 5.17. The number of carbonyl (C=O) groups is 2. The van der Waals surface area contributed by atoms with Crippen LogP contribution in [0.2, 0.25) is 0 Å². The van der Waals surface area contributed by atoms with Gasteiger partial charge in [0.25, 0.3) is 0 Å². The minimum Gasteiger partial charge on any atom is -0.334 e. The molecular weight excluding hydrogens is 228 g/mol. The average Bonchev–Trinajstić information content (AvgIpc) is 2.55. The molecule has 104 valence electrons. The zero-order valence-corrected chi connectivity index (χ0v) is 12.2. The molecule has 0 aliphatic carbocycles. The summed E-state index contributed by atoms with van der Waals surface area (Å²) in [6.45, 7) is 9.83. The average molecular weight is 254 g/mol. The van der Waals surface area contributed by atoms with Crippen LogP contribution >= 0.6 is 0 Å². The standard InChI is InChI=1S/C14H26N2O2/c1-5-16(14(2,3)4)13(18)12(17)15-10-8-6-7-9-11-15/h5-11H2,1-4H3. The van der Waals surface area contributed by atoms with Gasteiger partial charge in [0.15, 0.2) is 0 Å². The first-order valence-corrected chi connectivity index (χ1v) is 6.98. The molecule has 0 radical (unpaired) electrons. The number of nitrogens with zero attached hydrogens (tertiary/aromatic N) is 2. The second kappa shape index (κ2) is 6.21. The van der Waals surface area contributed by atoms with Crippen molar-refractivity contribution in [1.29, 1.82) is 0 Å². The summed E-state index contributed by atoms with van der Waals surface area (Å²) in [5.74, 6) is -0.680. The van der Waals surface area contributed by atoms with Crippen molar-refractivity contribution in [3.05, 3.63) is 0 Å². The number of carbonyl (C=O) groups excluding carboxylic acids is 2. The number of hydrogen-bond donors (Lipinski definition) is 0. The number of rotatable bonds is 1. The zero-order valence-electron chi connectivity index (χ0n) is 12.2. The van der Waals surface area contributed by atoms with Crippen LogP contribution in [0.3, 0.4) is 0 Å². The molecule has 4 nitrogen and oxygen atoms in total. The van der Waals surface area contributed by atoms with E-state index in [4.69, 9.17) is 0 Å². The molecule has 0 aromatic carbocycles. The molecule has 0 bridgehead atoms. The molecule has 1 saturated heterocycles. The topological polar surface area (TPSA) is 40.6 Å². The highest BCUT2D eigenvalue weighted by Gasteiger charge is 2.32. The second-order valence-electron chi connectivity index (χ2n) is 5.93. The lowest BCUT2D eigenvalue weighted by Crippen LogP contribution is -2.52. The lowest BCUT2D eigenvalue weighted by atomic mass is 10.1. The molecule has 4 heteroatoms. The third-order valence-corrected chi connectivity index (χ3v) is 3.45. The molecule has 0 saturated carbocycles. The van der Waals surface area contributed by atoms with Crippen molar-refractivity contribution in [2.45, 2.75) is 58.9 Å². The van der Waals surface area contributed by atoms with Gasteiger partial charge in [-0.1, -0.05) is 12.8 Å². The molecule has 0 spiro atoms. The molecule has 18 heavy (non-hydrogen) atoms. The third kappa shape index (κ3) is 3.72. The zero-order chi connectivity index (χ0) is 13.8. The van der Waals surface area contributed by atoms with Crippen molar-refractivity contribution in [1.82, 2.24) is 9.80 Å². The fourth-order valence-electron chi connectivity index (χ4n) is 2.45. The molecule has 1 fully saturated rings. The molecule has 0 aromatic heterocycles. The van der Waals surface area contributed by atoms with E-state index in [1.165, 1.54) is 0 Å². The van der Waals surface area contributed by atoms with Crippen LogP contribution < -0.4 is 0 Å². The van der Waals surface area contributed by atoms with Crippen LogP contribution in [0.5, 0.6) is 0 Å². The van der Waals surface area contributed by atoms with Gasteiger partial charge in [-0.15, -0.1) is 0 Å². The Morgan fingerprint density at radius 1 is 1.06 bits per heavy atom. The van der Waals surface area contributed by atoms with Crippen LogP contribution in [-0.2, 0) is 9.59 Å². The van der Waals surface area contributed by atoms with Gasteiger partial charge in [-0.25, -0.2) is 0 Å². The lowest BCUT2D eigenvalue weighted by molar-refractivity contribution is -0.154. The highest BCUT2D eigenvalue weighted by atomic mass is 16.2. The molecule has 1 heterocycles. The van der Waals surface area contributed by atoms with E-state index in [1.54, 1.807) is 9.80 Å². The molecule has 0 N–H and O–H groups in total. The van der Waals surface area contributed by atoms with E-state index >= 15 is 0 Å². The van der Waals surface area contributed by atoms with Gasteiger partial charge in [-0.05, 0) is 40.5 Å². The maximum absolute atomic E-state index is 12.3. The van der Waals surface area contributed by atoms with Crippen LogP contribution in [0, 0.1) is 0 Å². The summed E-state index contributed by atoms with van der Waals surface area (Å²) in [7, 11) is 0. The van der Waals surface area contributed by atoms with Crippen molar-refractivity contribution in [3.8, 4) is 0 Å². The Balaban J connectivity index is 2.72. The number of hydrogen-bond acceptors (Lipinski definition) is 2. The van der Waals surface area contributed by atoms with Gasteiger partial charge in [-0.2, -0.15) is 0 Å². The van der Waals surface area contributed by atoms with Crippen molar-refractivity contribution < 1.29 is 9.59 Å². The fraction of sp³-hybridized carbons (Fsp3) is 0.857. The summed E-state index contributed by atoms with van der Waals surface area (Å²) in [5, 5.41) is 0. The maximum Gasteiger partial charge on any atom is 0.312 e. The Bertz CT molecular complexity index is 299. The molecule has 1 aliphatic heterocycles. The van der Waals surface area contributed by atoms with Crippen LogP contribution in [0.25, 0.3) is 0 Å². The van der Waals surface area contributed by atoms with Gasteiger partial charge in [-0.3, -0.25) is 9.59 Å². The Morgan fingerprint density at radius 2 is 1.56 bits per heavy atom. The molecule has 0 aromatic rings. The summed E-state index contributed by atoms with van der Waals surface area (Å²) in [4.78, 5) is 27.9. The SMILES string of the molecule is CCN(C(=O)C(=O)N1CCCCCC1)C(C)(C)C. The first kappa shape index (κ1) is 15.0. The first-order chi connectivity index (χ1) is 8.38. The molecule has 2 amide bonds. The minimum absolute atomic E-state index is 0.298. The largest absolute Gasteiger partial charge is 0.334 e. The van der Waals surface area contributed by atoms with E-state index < -0.39 is 0 Å². The van der Waals surface area contributed by atoms with E-state index in [2.05, 4.69) is 0 Å². The summed E-state index contributed by atoms with van der Waals surface area (Å²) < 4.78 is 0. The van der Waals surface area contributed by atoms with E-state index in [0.717, 1.165) is 38.8 Å². The molecule has 0 atom stereocenters. The Hall–Kier alpha value is -1.06. The maximum atomic E-state index is 12.3. The quantitative estimate of drug-likeness (QED) is 0.672. The number of amides is 2. The smallest absolute Gasteiger partial charge is 0.312 e. The van der Waals surface area contributed by atoms with Gasteiger partial charge in [0.1, 0.15) is 0 Å². The molecule has 0 unspecified atom stereocenters. The Morgan fingerprint density at radius 3 is 1.94 bits per heavy atom. The van der Waals surface area contributed by atoms with Crippen LogP contribution in [0.15, 0.2) is 0 Å². The number of likely N-dealkylation sites (N-methyl/N-ethyl adjacent to an activating group) is 1. The van der Waals surface area contributed by atoms with E-state index in [9.17, 15) is 9.59 Å². The lowest BCUT2D eigenvalue weighted by Gasteiger charge is -2.35. The van der Waals surface area contributed by atoms with E-state index in [1.807, 2.05) is 27.7 Å². The third-order valence-electron chi connectivity index (χ3n) is 3.45. The van der Waals surface area contributed by atoms with Gasteiger partial charge < -0.3 is 9.80 Å². The van der Waals surface area contributed by atoms with Crippen molar-refractivity contribution in [3.63, 3.8) is 0 Å². The predicted molar refractivity (Wildman–Crippen MR) is 72.2 cm³/mol. The Labute approximate surface area is 110 Å². The first-order valence-electron chi connectivity index (χ1n) is 6.98. The monoisotopic (exact) mass is 254 g/mol. The van der Waals surface area contributed by atoms with Crippen LogP contribution in [0.1, 0.15) is 53.4 Å².